The molecule has 2 aliphatic heterocycles. The minimum absolute atomic E-state index is 0.155. The summed E-state index contributed by atoms with van der Waals surface area (Å²) >= 11 is 0. The molecule has 0 saturated carbocycles. The van der Waals surface area contributed by atoms with E-state index in [1.807, 2.05) is 0 Å². The fourth-order valence-electron chi connectivity index (χ4n) is 3.17. The Morgan fingerprint density at radius 3 is 2.00 bits per heavy atom. The second-order valence-electron chi connectivity index (χ2n) is 6.50. The van der Waals surface area contributed by atoms with Gasteiger partial charge in [0.15, 0.2) is 0 Å². The zero-order valence-electron chi connectivity index (χ0n) is 14.5. The van der Waals surface area contributed by atoms with Gasteiger partial charge in [0.2, 0.25) is 11.8 Å². The number of carbonyl (C=O) groups excluding carboxylic acids is 2. The van der Waals surface area contributed by atoms with Gasteiger partial charge in [-0.25, -0.2) is 4.79 Å². The van der Waals surface area contributed by atoms with Crippen LogP contribution in [0, 0.1) is 0 Å². The summed E-state index contributed by atoms with van der Waals surface area (Å²) in [7, 11) is 0. The topological polar surface area (TPSA) is 95.5 Å². The van der Waals surface area contributed by atoms with Crippen molar-refractivity contribution in [2.45, 2.75) is 43.7 Å². The molecule has 2 heterocycles. The van der Waals surface area contributed by atoms with Crippen LogP contribution in [0.1, 0.15) is 48.6 Å². The third kappa shape index (κ3) is 6.06. The zero-order chi connectivity index (χ0) is 20.0. The summed E-state index contributed by atoms with van der Waals surface area (Å²) in [6, 6.07) is 8.40. The van der Waals surface area contributed by atoms with Crippen molar-refractivity contribution in [1.82, 2.24) is 10.6 Å². The highest BCUT2D eigenvalue weighted by atomic mass is 19.4. The van der Waals surface area contributed by atoms with E-state index in [2.05, 4.69) is 34.9 Å². The Morgan fingerprint density at radius 2 is 1.52 bits per heavy atom. The van der Waals surface area contributed by atoms with Gasteiger partial charge in [-0.05, 0) is 49.4 Å². The SMILES string of the molecule is O=C(O)C(F)(F)F.O=C1CCC(c2ccc(C3CCNCC3)cc2)C(=O)N1. The molecule has 2 saturated heterocycles. The van der Waals surface area contributed by atoms with Gasteiger partial charge in [0.25, 0.3) is 0 Å². The number of nitrogens with one attached hydrogen (secondary N) is 2. The third-order valence-electron chi connectivity index (χ3n) is 4.63. The highest BCUT2D eigenvalue weighted by Gasteiger charge is 2.38. The third-order valence-corrected chi connectivity index (χ3v) is 4.63. The van der Waals surface area contributed by atoms with Crippen LogP contribution in [0.2, 0.25) is 0 Å². The minimum Gasteiger partial charge on any atom is -0.475 e. The van der Waals surface area contributed by atoms with Crippen molar-refractivity contribution in [3.05, 3.63) is 35.4 Å². The first-order valence-corrected chi connectivity index (χ1v) is 8.63. The summed E-state index contributed by atoms with van der Waals surface area (Å²) in [6.45, 7) is 2.17. The van der Waals surface area contributed by atoms with Gasteiger partial charge in [0, 0.05) is 6.42 Å². The number of carbonyl (C=O) groups is 3. The van der Waals surface area contributed by atoms with Crippen molar-refractivity contribution in [3.8, 4) is 0 Å². The molecular weight excluding hydrogens is 365 g/mol. The maximum Gasteiger partial charge on any atom is 0.490 e. The van der Waals surface area contributed by atoms with Gasteiger partial charge in [0.1, 0.15) is 0 Å². The molecule has 27 heavy (non-hydrogen) atoms. The predicted octanol–water partition coefficient (Wildman–Crippen LogP) is 2.31. The van der Waals surface area contributed by atoms with Crippen LogP contribution >= 0.6 is 0 Å². The highest BCUT2D eigenvalue weighted by Crippen LogP contribution is 2.29. The van der Waals surface area contributed by atoms with Crippen LogP contribution in [0.15, 0.2) is 24.3 Å². The standard InChI is InChI=1S/C16H20N2O2.C2HF3O2/c19-15-6-5-14(16(20)18-15)13-3-1-11(2-4-13)12-7-9-17-10-8-12;3-2(4,5)1(6)7/h1-4,12,14,17H,5-10H2,(H,18,19,20);(H,6,7). The maximum absolute atomic E-state index is 11.9. The number of rotatable bonds is 2. The summed E-state index contributed by atoms with van der Waals surface area (Å²) in [4.78, 5) is 31.9. The van der Waals surface area contributed by atoms with Gasteiger partial charge in [-0.15, -0.1) is 0 Å². The van der Waals surface area contributed by atoms with Crippen molar-refractivity contribution < 1.29 is 32.7 Å². The summed E-state index contributed by atoms with van der Waals surface area (Å²) in [5.74, 6) is -2.61. The van der Waals surface area contributed by atoms with Crippen LogP contribution in [0.25, 0.3) is 0 Å². The fraction of sp³-hybridized carbons (Fsp3) is 0.500. The van der Waals surface area contributed by atoms with Crippen LogP contribution in [-0.4, -0.2) is 42.2 Å². The number of imide groups is 1. The zero-order valence-corrected chi connectivity index (χ0v) is 14.5. The predicted molar refractivity (Wildman–Crippen MR) is 90.1 cm³/mol. The first kappa shape index (κ1) is 20.9. The molecule has 0 aliphatic carbocycles. The van der Waals surface area contributed by atoms with E-state index >= 15 is 0 Å². The lowest BCUT2D eigenvalue weighted by Gasteiger charge is -2.24. The molecule has 2 amide bonds. The monoisotopic (exact) mass is 386 g/mol. The van der Waals surface area contributed by atoms with E-state index in [9.17, 15) is 22.8 Å². The quantitative estimate of drug-likeness (QED) is 0.678. The molecule has 0 bridgehead atoms. The molecule has 0 spiro atoms. The number of piperidine rings is 2. The summed E-state index contributed by atoms with van der Waals surface area (Å²) in [6.07, 6.45) is -1.67. The van der Waals surface area contributed by atoms with Crippen molar-refractivity contribution in [2.75, 3.05) is 13.1 Å². The second-order valence-corrected chi connectivity index (χ2v) is 6.50. The minimum atomic E-state index is -5.08. The van der Waals surface area contributed by atoms with E-state index in [1.165, 1.54) is 18.4 Å². The van der Waals surface area contributed by atoms with E-state index in [0.29, 0.717) is 18.8 Å². The molecular formula is C18H21F3N2O4. The normalized spacial score (nSPS) is 21.1. The molecule has 3 N–H and O–H groups in total. The molecule has 2 aliphatic rings. The van der Waals surface area contributed by atoms with E-state index in [1.54, 1.807) is 0 Å². The van der Waals surface area contributed by atoms with Gasteiger partial charge in [-0.2, -0.15) is 13.2 Å². The van der Waals surface area contributed by atoms with Crippen LogP contribution in [0.5, 0.6) is 0 Å². The van der Waals surface area contributed by atoms with E-state index in [4.69, 9.17) is 9.90 Å². The van der Waals surface area contributed by atoms with Crippen LogP contribution in [0.4, 0.5) is 13.2 Å². The lowest BCUT2D eigenvalue weighted by molar-refractivity contribution is -0.192. The Labute approximate surface area is 154 Å². The number of carboxylic acid groups (broad SMARTS) is 1. The number of benzene rings is 1. The largest absolute Gasteiger partial charge is 0.490 e. The molecule has 1 unspecified atom stereocenters. The number of amides is 2. The highest BCUT2D eigenvalue weighted by molar-refractivity contribution is 6.00. The molecule has 6 nitrogen and oxygen atoms in total. The smallest absolute Gasteiger partial charge is 0.475 e. The first-order chi connectivity index (χ1) is 12.7. The summed E-state index contributed by atoms with van der Waals surface area (Å²) < 4.78 is 31.7. The van der Waals surface area contributed by atoms with Gasteiger partial charge in [-0.3, -0.25) is 14.9 Å². The molecule has 148 valence electrons. The van der Waals surface area contributed by atoms with E-state index in [0.717, 1.165) is 18.7 Å². The molecule has 1 aromatic rings. The number of hydrogen-bond acceptors (Lipinski definition) is 4. The Bertz CT molecular complexity index is 683. The van der Waals surface area contributed by atoms with E-state index in [-0.39, 0.29) is 17.7 Å². The number of carboxylic acids is 1. The molecule has 1 aromatic carbocycles. The van der Waals surface area contributed by atoms with E-state index < -0.39 is 12.1 Å². The molecule has 0 aromatic heterocycles. The Hall–Kier alpha value is -2.42. The molecule has 9 heteroatoms. The Balaban J connectivity index is 0.000000321. The van der Waals surface area contributed by atoms with Gasteiger partial charge in [0.05, 0.1) is 5.92 Å². The van der Waals surface area contributed by atoms with Crippen molar-refractivity contribution in [2.24, 2.45) is 0 Å². The van der Waals surface area contributed by atoms with Crippen molar-refractivity contribution >= 4 is 17.8 Å². The Morgan fingerprint density at radius 1 is 1.00 bits per heavy atom. The van der Waals surface area contributed by atoms with Crippen LogP contribution < -0.4 is 10.6 Å². The molecule has 3 rings (SSSR count). The molecule has 1 atom stereocenters. The molecule has 2 fully saturated rings. The van der Waals surface area contributed by atoms with Crippen LogP contribution in [0.3, 0.4) is 0 Å². The first-order valence-electron chi connectivity index (χ1n) is 8.63. The maximum atomic E-state index is 11.9. The van der Waals surface area contributed by atoms with Gasteiger partial charge < -0.3 is 10.4 Å². The number of hydrogen-bond donors (Lipinski definition) is 3. The van der Waals surface area contributed by atoms with Crippen molar-refractivity contribution in [3.63, 3.8) is 0 Å². The number of halogens is 3. The fourth-order valence-corrected chi connectivity index (χ4v) is 3.17. The second kappa shape index (κ2) is 8.98. The molecule has 0 radical (unpaired) electrons. The average Bonchev–Trinajstić information content (AvgIpc) is 2.62. The average molecular weight is 386 g/mol. The lowest BCUT2D eigenvalue weighted by Crippen LogP contribution is -2.39. The Kier molecular flexibility index (Phi) is 6.95. The summed E-state index contributed by atoms with van der Waals surface area (Å²) in [5.41, 5.74) is 2.38. The van der Waals surface area contributed by atoms with Gasteiger partial charge >= 0.3 is 12.1 Å². The number of aliphatic carboxylic acids is 1. The lowest BCUT2D eigenvalue weighted by atomic mass is 9.86. The number of alkyl halides is 3. The van der Waals surface area contributed by atoms with Crippen LogP contribution in [-0.2, 0) is 14.4 Å². The van der Waals surface area contributed by atoms with Crippen molar-refractivity contribution in [1.29, 1.82) is 0 Å². The summed E-state index contributed by atoms with van der Waals surface area (Å²) in [5, 5.41) is 12.9. The van der Waals surface area contributed by atoms with Gasteiger partial charge in [-0.1, -0.05) is 24.3 Å².